The Labute approximate surface area is 152 Å². The number of ether oxygens (including phenoxy) is 1. The quantitative estimate of drug-likeness (QED) is 0.774. The molecule has 0 bridgehead atoms. The smallest absolute Gasteiger partial charge is 0.337 e. The van der Waals surface area contributed by atoms with Crippen molar-refractivity contribution in [2.45, 2.75) is 13.3 Å². The maximum Gasteiger partial charge on any atom is 0.337 e. The van der Waals surface area contributed by atoms with Gasteiger partial charge in [0.1, 0.15) is 6.54 Å². The second kappa shape index (κ2) is 9.36. The van der Waals surface area contributed by atoms with Crippen LogP contribution in [0, 0.1) is 0 Å². The summed E-state index contributed by atoms with van der Waals surface area (Å²) in [6, 6.07) is 16.2. The van der Waals surface area contributed by atoms with Crippen LogP contribution >= 0.6 is 0 Å². The molecule has 0 saturated carbocycles. The fourth-order valence-electron chi connectivity index (χ4n) is 2.47. The summed E-state index contributed by atoms with van der Waals surface area (Å²) in [6.45, 7) is 1.81. The third kappa shape index (κ3) is 5.44. The zero-order chi connectivity index (χ0) is 18.9. The van der Waals surface area contributed by atoms with Crippen molar-refractivity contribution < 1.29 is 19.1 Å². The minimum Gasteiger partial charge on any atom is -0.465 e. The van der Waals surface area contributed by atoms with Gasteiger partial charge in [0.2, 0.25) is 11.8 Å². The Morgan fingerprint density at radius 3 is 2.23 bits per heavy atom. The SMILES string of the molecule is COC(=O)c1ccc(N(CC(=O)NCCc2ccccc2)C(C)=O)cc1. The number of rotatable bonds is 7. The van der Waals surface area contributed by atoms with Crippen LogP contribution < -0.4 is 10.2 Å². The predicted octanol–water partition coefficient (Wildman–Crippen LogP) is 2.18. The minimum atomic E-state index is -0.454. The van der Waals surface area contributed by atoms with E-state index in [-0.39, 0.29) is 18.4 Å². The second-order valence-electron chi connectivity index (χ2n) is 5.73. The molecule has 0 aromatic heterocycles. The lowest BCUT2D eigenvalue weighted by Crippen LogP contribution is -2.40. The van der Waals surface area contributed by atoms with Gasteiger partial charge in [-0.15, -0.1) is 0 Å². The topological polar surface area (TPSA) is 75.7 Å². The highest BCUT2D eigenvalue weighted by Gasteiger charge is 2.16. The number of amides is 2. The predicted molar refractivity (Wildman–Crippen MR) is 99.0 cm³/mol. The number of carbonyl (C=O) groups is 3. The molecule has 6 nitrogen and oxygen atoms in total. The number of anilines is 1. The number of nitrogens with zero attached hydrogens (tertiary/aromatic N) is 1. The molecule has 0 aliphatic carbocycles. The second-order valence-corrected chi connectivity index (χ2v) is 5.73. The first-order chi connectivity index (χ1) is 12.5. The van der Waals surface area contributed by atoms with E-state index in [1.54, 1.807) is 24.3 Å². The third-order valence-electron chi connectivity index (χ3n) is 3.86. The Morgan fingerprint density at radius 1 is 1.00 bits per heavy atom. The third-order valence-corrected chi connectivity index (χ3v) is 3.86. The number of nitrogens with one attached hydrogen (secondary N) is 1. The lowest BCUT2D eigenvalue weighted by molar-refractivity contribution is -0.123. The van der Waals surface area contributed by atoms with Crippen LogP contribution in [0.2, 0.25) is 0 Å². The highest BCUT2D eigenvalue weighted by atomic mass is 16.5. The van der Waals surface area contributed by atoms with Crippen molar-refractivity contribution >= 4 is 23.5 Å². The van der Waals surface area contributed by atoms with E-state index >= 15 is 0 Å². The normalized spacial score (nSPS) is 10.1. The van der Waals surface area contributed by atoms with E-state index in [0.717, 1.165) is 12.0 Å². The van der Waals surface area contributed by atoms with Gasteiger partial charge in [0.15, 0.2) is 0 Å². The first-order valence-corrected chi connectivity index (χ1v) is 8.28. The fraction of sp³-hybridized carbons (Fsp3) is 0.250. The Morgan fingerprint density at radius 2 is 1.65 bits per heavy atom. The summed E-state index contributed by atoms with van der Waals surface area (Å²) < 4.78 is 4.65. The molecule has 0 atom stereocenters. The molecule has 0 heterocycles. The van der Waals surface area contributed by atoms with E-state index in [1.165, 1.54) is 18.9 Å². The van der Waals surface area contributed by atoms with Crippen molar-refractivity contribution in [3.05, 3.63) is 65.7 Å². The van der Waals surface area contributed by atoms with Crippen LogP contribution in [-0.2, 0) is 20.7 Å². The van der Waals surface area contributed by atoms with Crippen LogP contribution in [-0.4, -0.2) is 38.0 Å². The van der Waals surface area contributed by atoms with Crippen molar-refractivity contribution in [2.75, 3.05) is 25.1 Å². The maximum atomic E-state index is 12.2. The molecule has 2 aromatic carbocycles. The summed E-state index contributed by atoms with van der Waals surface area (Å²) in [5, 5.41) is 2.82. The van der Waals surface area contributed by atoms with Gasteiger partial charge in [0.25, 0.3) is 0 Å². The van der Waals surface area contributed by atoms with E-state index in [2.05, 4.69) is 10.1 Å². The van der Waals surface area contributed by atoms with Gasteiger partial charge in [-0.2, -0.15) is 0 Å². The van der Waals surface area contributed by atoms with Gasteiger partial charge >= 0.3 is 5.97 Å². The molecule has 6 heteroatoms. The lowest BCUT2D eigenvalue weighted by Gasteiger charge is -2.21. The van der Waals surface area contributed by atoms with Gasteiger partial charge in [-0.1, -0.05) is 30.3 Å². The van der Waals surface area contributed by atoms with Crippen molar-refractivity contribution in [1.82, 2.24) is 5.32 Å². The summed E-state index contributed by atoms with van der Waals surface area (Å²) in [5.41, 5.74) is 2.06. The van der Waals surface area contributed by atoms with Crippen molar-refractivity contribution in [2.24, 2.45) is 0 Å². The van der Waals surface area contributed by atoms with Crippen LogP contribution in [0.3, 0.4) is 0 Å². The summed E-state index contributed by atoms with van der Waals surface area (Å²) in [6.07, 6.45) is 0.723. The first-order valence-electron chi connectivity index (χ1n) is 8.28. The number of carbonyl (C=O) groups excluding carboxylic acids is 3. The summed E-state index contributed by atoms with van der Waals surface area (Å²) in [5.74, 6) is -0.952. The molecule has 0 spiro atoms. The van der Waals surface area contributed by atoms with Gasteiger partial charge in [-0.3, -0.25) is 9.59 Å². The largest absolute Gasteiger partial charge is 0.465 e. The Bertz CT molecular complexity index is 757. The number of hydrogen-bond acceptors (Lipinski definition) is 4. The first kappa shape index (κ1) is 19.2. The number of hydrogen-bond donors (Lipinski definition) is 1. The van der Waals surface area contributed by atoms with Crippen molar-refractivity contribution in [3.8, 4) is 0 Å². The molecule has 2 rings (SSSR count). The highest BCUT2D eigenvalue weighted by molar-refractivity contribution is 5.98. The molecule has 0 aliphatic heterocycles. The number of esters is 1. The Hall–Kier alpha value is -3.15. The number of methoxy groups -OCH3 is 1. The average molecular weight is 354 g/mol. The van der Waals surface area contributed by atoms with E-state index < -0.39 is 5.97 Å². The van der Waals surface area contributed by atoms with E-state index in [9.17, 15) is 14.4 Å². The fourth-order valence-corrected chi connectivity index (χ4v) is 2.47. The van der Waals surface area contributed by atoms with E-state index in [1.807, 2.05) is 30.3 Å². The summed E-state index contributed by atoms with van der Waals surface area (Å²) >= 11 is 0. The molecule has 26 heavy (non-hydrogen) atoms. The molecule has 0 unspecified atom stereocenters. The van der Waals surface area contributed by atoms with Crippen LogP contribution in [0.5, 0.6) is 0 Å². The van der Waals surface area contributed by atoms with E-state index in [4.69, 9.17) is 0 Å². The standard InChI is InChI=1S/C20H22N2O4/c1-15(23)22(18-10-8-17(9-11-18)20(25)26-2)14-19(24)21-13-12-16-6-4-3-5-7-16/h3-11H,12-14H2,1-2H3,(H,21,24). The summed E-state index contributed by atoms with van der Waals surface area (Å²) in [7, 11) is 1.30. The van der Waals surface area contributed by atoms with Gasteiger partial charge in [-0.25, -0.2) is 4.79 Å². The zero-order valence-corrected chi connectivity index (χ0v) is 14.9. The molecule has 2 aromatic rings. The van der Waals surface area contributed by atoms with Crippen LogP contribution in [0.1, 0.15) is 22.8 Å². The molecule has 136 valence electrons. The molecule has 1 N–H and O–H groups in total. The van der Waals surface area contributed by atoms with E-state index in [0.29, 0.717) is 17.8 Å². The van der Waals surface area contributed by atoms with Gasteiger partial charge in [0, 0.05) is 19.2 Å². The lowest BCUT2D eigenvalue weighted by atomic mass is 10.1. The molecule has 0 aliphatic rings. The van der Waals surface area contributed by atoms with Crippen LogP contribution in [0.25, 0.3) is 0 Å². The minimum absolute atomic E-state index is 0.0817. The average Bonchev–Trinajstić information content (AvgIpc) is 2.66. The Kier molecular flexibility index (Phi) is 6.91. The van der Waals surface area contributed by atoms with Gasteiger partial charge in [0.05, 0.1) is 12.7 Å². The molecule has 0 radical (unpaired) electrons. The van der Waals surface area contributed by atoms with Crippen molar-refractivity contribution in [3.63, 3.8) is 0 Å². The molecule has 2 amide bonds. The summed E-state index contributed by atoms with van der Waals surface area (Å²) in [4.78, 5) is 36.9. The van der Waals surface area contributed by atoms with Crippen LogP contribution in [0.4, 0.5) is 5.69 Å². The molecular formula is C20H22N2O4. The molecular weight excluding hydrogens is 332 g/mol. The Balaban J connectivity index is 1.93. The van der Waals surface area contributed by atoms with Crippen molar-refractivity contribution in [1.29, 1.82) is 0 Å². The van der Waals surface area contributed by atoms with Crippen LogP contribution in [0.15, 0.2) is 54.6 Å². The monoisotopic (exact) mass is 354 g/mol. The maximum absolute atomic E-state index is 12.2. The zero-order valence-electron chi connectivity index (χ0n) is 14.9. The number of benzene rings is 2. The molecule has 0 saturated heterocycles. The highest BCUT2D eigenvalue weighted by Crippen LogP contribution is 2.16. The van der Waals surface area contributed by atoms with Gasteiger partial charge in [-0.05, 0) is 36.2 Å². The molecule has 0 fully saturated rings. The van der Waals surface area contributed by atoms with Gasteiger partial charge < -0.3 is 15.0 Å².